The van der Waals surface area contributed by atoms with Gasteiger partial charge in [-0.3, -0.25) is 4.68 Å². The monoisotopic (exact) mass is 262 g/mol. The Bertz CT molecular complexity index is 306. The summed E-state index contributed by atoms with van der Waals surface area (Å²) in [6, 6.07) is 0. The molecule has 92 valence electrons. The lowest BCUT2D eigenvalue weighted by Gasteiger charge is -2.28. The van der Waals surface area contributed by atoms with E-state index < -0.39 is 0 Å². The van der Waals surface area contributed by atoms with E-state index in [4.69, 9.17) is 23.2 Å². The molecule has 4 heteroatoms. The number of rotatable bonds is 7. The zero-order chi connectivity index (χ0) is 12.0. The molecule has 0 saturated heterocycles. The number of aryl methyl sites for hydroxylation is 1. The summed E-state index contributed by atoms with van der Waals surface area (Å²) >= 11 is 12.2. The predicted molar refractivity (Wildman–Crippen MR) is 70.4 cm³/mol. The Labute approximate surface area is 108 Å². The van der Waals surface area contributed by atoms with Crippen LogP contribution in [0.5, 0.6) is 0 Å². The van der Waals surface area contributed by atoms with E-state index in [1.54, 1.807) is 0 Å². The highest BCUT2D eigenvalue weighted by Gasteiger charge is 2.28. The Morgan fingerprint density at radius 3 is 2.44 bits per heavy atom. The Hall–Kier alpha value is -0.210. The van der Waals surface area contributed by atoms with Gasteiger partial charge in [0.2, 0.25) is 0 Å². The van der Waals surface area contributed by atoms with E-state index >= 15 is 0 Å². The van der Waals surface area contributed by atoms with Crippen LogP contribution in [0.2, 0.25) is 0 Å². The average Bonchev–Trinajstić information content (AvgIpc) is 2.76. The van der Waals surface area contributed by atoms with Crippen molar-refractivity contribution in [1.29, 1.82) is 0 Å². The molecule has 0 N–H and O–H groups in total. The zero-order valence-corrected chi connectivity index (χ0v) is 11.6. The molecule has 1 rings (SSSR count). The summed E-state index contributed by atoms with van der Waals surface area (Å²) in [5.41, 5.74) is 1.26. The third-order valence-corrected chi connectivity index (χ3v) is 4.07. The van der Waals surface area contributed by atoms with Crippen LogP contribution in [0.1, 0.15) is 32.3 Å². The van der Waals surface area contributed by atoms with Gasteiger partial charge in [0.15, 0.2) is 0 Å². The lowest BCUT2D eigenvalue weighted by molar-refractivity contribution is 0.341. The van der Waals surface area contributed by atoms with E-state index in [1.165, 1.54) is 5.56 Å². The number of alkyl halides is 2. The smallest absolute Gasteiger partial charge is 0.0521 e. The maximum absolute atomic E-state index is 6.08. The number of nitrogens with zero attached hydrogens (tertiary/aromatic N) is 2. The number of hydrogen-bond donors (Lipinski definition) is 0. The second kappa shape index (κ2) is 6.51. The van der Waals surface area contributed by atoms with E-state index in [1.807, 2.05) is 10.9 Å². The van der Waals surface area contributed by atoms with E-state index in [2.05, 4.69) is 25.1 Å². The van der Waals surface area contributed by atoms with Gasteiger partial charge in [0.25, 0.3) is 0 Å². The molecule has 1 aromatic heterocycles. The van der Waals surface area contributed by atoms with Gasteiger partial charge in [0.1, 0.15) is 0 Å². The molecule has 0 unspecified atom stereocenters. The molecule has 1 heterocycles. The quantitative estimate of drug-likeness (QED) is 0.686. The molecule has 0 bridgehead atoms. The van der Waals surface area contributed by atoms with Crippen LogP contribution in [-0.4, -0.2) is 21.5 Å². The van der Waals surface area contributed by atoms with Gasteiger partial charge in [0.05, 0.1) is 6.20 Å². The van der Waals surface area contributed by atoms with Gasteiger partial charge in [-0.25, -0.2) is 0 Å². The highest BCUT2D eigenvalue weighted by Crippen LogP contribution is 2.31. The van der Waals surface area contributed by atoms with Crippen LogP contribution in [-0.2, 0) is 13.0 Å². The molecule has 0 aliphatic carbocycles. The molecular formula is C12H20Cl2N2. The molecule has 0 atom stereocenters. The lowest BCUT2D eigenvalue weighted by atomic mass is 9.82. The molecule has 0 aliphatic rings. The normalized spacial score (nSPS) is 12.0. The van der Waals surface area contributed by atoms with Crippen LogP contribution in [0.3, 0.4) is 0 Å². The maximum Gasteiger partial charge on any atom is 0.0521 e. The van der Waals surface area contributed by atoms with Crippen LogP contribution >= 0.6 is 23.2 Å². The van der Waals surface area contributed by atoms with Crippen LogP contribution in [0.4, 0.5) is 0 Å². The molecule has 0 radical (unpaired) electrons. The Kier molecular flexibility index (Phi) is 5.63. The van der Waals surface area contributed by atoms with Crippen molar-refractivity contribution in [2.75, 3.05) is 11.8 Å². The molecule has 0 aromatic carbocycles. The number of hydrogen-bond acceptors (Lipinski definition) is 1. The van der Waals surface area contributed by atoms with Crippen molar-refractivity contribution >= 4 is 23.2 Å². The summed E-state index contributed by atoms with van der Waals surface area (Å²) in [5, 5.41) is 4.28. The van der Waals surface area contributed by atoms with Gasteiger partial charge in [-0.1, -0.05) is 13.3 Å². The molecule has 16 heavy (non-hydrogen) atoms. The second-order valence-corrected chi connectivity index (χ2v) is 4.93. The molecular weight excluding hydrogens is 243 g/mol. The van der Waals surface area contributed by atoms with Gasteiger partial charge in [-0.2, -0.15) is 5.10 Å². The fourth-order valence-electron chi connectivity index (χ4n) is 1.99. The molecule has 0 aliphatic heterocycles. The molecule has 0 fully saturated rings. The van der Waals surface area contributed by atoms with Crippen molar-refractivity contribution in [3.8, 4) is 0 Å². The molecule has 0 amide bonds. The van der Waals surface area contributed by atoms with Crippen LogP contribution in [0.25, 0.3) is 0 Å². The first kappa shape index (κ1) is 13.9. The molecule has 0 saturated carbocycles. The Balaban J connectivity index is 2.74. The molecule has 1 aromatic rings. The lowest BCUT2D eigenvalue weighted by Crippen LogP contribution is -2.27. The van der Waals surface area contributed by atoms with Crippen molar-refractivity contribution < 1.29 is 0 Å². The summed E-state index contributed by atoms with van der Waals surface area (Å²) in [4.78, 5) is 0. The van der Waals surface area contributed by atoms with Crippen LogP contribution < -0.4 is 0 Å². The Morgan fingerprint density at radius 1 is 1.31 bits per heavy atom. The van der Waals surface area contributed by atoms with Crippen molar-refractivity contribution in [3.05, 3.63) is 18.0 Å². The van der Waals surface area contributed by atoms with E-state index in [-0.39, 0.29) is 5.41 Å². The third kappa shape index (κ3) is 3.39. The molecule has 0 spiro atoms. The minimum atomic E-state index is 0.0272. The van der Waals surface area contributed by atoms with E-state index in [0.29, 0.717) is 11.8 Å². The first-order valence-corrected chi connectivity index (χ1v) is 6.90. The highest BCUT2D eigenvalue weighted by molar-refractivity contribution is 6.21. The fourth-order valence-corrected chi connectivity index (χ4v) is 2.73. The minimum Gasteiger partial charge on any atom is -0.273 e. The summed E-state index contributed by atoms with van der Waals surface area (Å²) in [5.74, 6) is 1.23. The summed E-state index contributed by atoms with van der Waals surface area (Å²) in [6.45, 7) is 5.16. The van der Waals surface area contributed by atoms with Crippen molar-refractivity contribution in [2.24, 2.45) is 5.41 Å². The summed E-state index contributed by atoms with van der Waals surface area (Å²) in [6.07, 6.45) is 7.11. The Morgan fingerprint density at radius 2 is 2.00 bits per heavy atom. The van der Waals surface area contributed by atoms with Gasteiger partial charge in [-0.15, -0.1) is 23.2 Å². The predicted octanol–water partition coefficient (Wildman–Crippen LogP) is 3.71. The second-order valence-electron chi connectivity index (χ2n) is 4.40. The summed E-state index contributed by atoms with van der Waals surface area (Å²) in [7, 11) is 0. The van der Waals surface area contributed by atoms with E-state index in [0.717, 1.165) is 25.8 Å². The summed E-state index contributed by atoms with van der Waals surface area (Å²) < 4.78 is 1.94. The zero-order valence-electron chi connectivity index (χ0n) is 10.0. The van der Waals surface area contributed by atoms with Crippen molar-refractivity contribution in [1.82, 2.24) is 9.78 Å². The standard InChI is InChI=1S/C12H20Cl2N2/c1-3-5-12(9-13,10-14)6-11-7-15-16(4-2)8-11/h7-8H,3-6,9-10H2,1-2H3. The van der Waals surface area contributed by atoms with E-state index in [9.17, 15) is 0 Å². The minimum absolute atomic E-state index is 0.0272. The first-order chi connectivity index (χ1) is 7.69. The van der Waals surface area contributed by atoms with Gasteiger partial charge in [0, 0.05) is 29.9 Å². The molecule has 2 nitrogen and oxygen atoms in total. The average molecular weight is 263 g/mol. The van der Waals surface area contributed by atoms with Crippen LogP contribution in [0, 0.1) is 5.41 Å². The number of halogens is 2. The van der Waals surface area contributed by atoms with Crippen molar-refractivity contribution in [2.45, 2.75) is 39.7 Å². The fraction of sp³-hybridized carbons (Fsp3) is 0.750. The largest absolute Gasteiger partial charge is 0.273 e. The van der Waals surface area contributed by atoms with Crippen LogP contribution in [0.15, 0.2) is 12.4 Å². The van der Waals surface area contributed by atoms with Gasteiger partial charge >= 0.3 is 0 Å². The SMILES string of the molecule is CCCC(CCl)(CCl)Cc1cnn(CC)c1. The van der Waals surface area contributed by atoms with Gasteiger partial charge < -0.3 is 0 Å². The van der Waals surface area contributed by atoms with Gasteiger partial charge in [-0.05, 0) is 25.3 Å². The third-order valence-electron chi connectivity index (χ3n) is 2.94. The highest BCUT2D eigenvalue weighted by atomic mass is 35.5. The number of aromatic nitrogens is 2. The topological polar surface area (TPSA) is 17.8 Å². The first-order valence-electron chi connectivity index (χ1n) is 5.83. The maximum atomic E-state index is 6.08. The van der Waals surface area contributed by atoms with Crippen molar-refractivity contribution in [3.63, 3.8) is 0 Å².